The number of benzene rings is 2. The fraction of sp³-hybridized carbons (Fsp3) is 0.300. The number of nitrogens with zero attached hydrogens (tertiary/aromatic N) is 1. The molecule has 0 bridgehead atoms. The van der Waals surface area contributed by atoms with Gasteiger partial charge in [-0.05, 0) is 43.8 Å². The van der Waals surface area contributed by atoms with E-state index in [2.05, 4.69) is 10.1 Å². The highest BCUT2D eigenvalue weighted by atomic mass is 19.1. The highest BCUT2D eigenvalue weighted by molar-refractivity contribution is 5.96. The highest BCUT2D eigenvalue weighted by Gasteiger charge is 2.38. The number of nitrogens with one attached hydrogen (secondary N) is 1. The van der Waals surface area contributed by atoms with Crippen molar-refractivity contribution in [2.45, 2.75) is 18.4 Å². The first-order valence-corrected chi connectivity index (χ1v) is 8.45. The van der Waals surface area contributed by atoms with E-state index in [9.17, 15) is 14.0 Å². The van der Waals surface area contributed by atoms with Crippen LogP contribution in [0.15, 0.2) is 48.5 Å². The maximum absolute atomic E-state index is 14.3. The minimum Gasteiger partial charge on any atom is -0.465 e. The Balaban J connectivity index is 1.79. The Morgan fingerprint density at radius 1 is 1.19 bits per heavy atom. The lowest BCUT2D eigenvalue weighted by molar-refractivity contribution is -0.120. The first-order valence-electron chi connectivity index (χ1n) is 8.45. The van der Waals surface area contributed by atoms with Crippen molar-refractivity contribution >= 4 is 17.6 Å². The molecule has 1 N–H and O–H groups in total. The van der Waals surface area contributed by atoms with Crippen molar-refractivity contribution in [3.05, 3.63) is 65.5 Å². The van der Waals surface area contributed by atoms with Crippen LogP contribution in [0, 0.1) is 5.82 Å². The van der Waals surface area contributed by atoms with Gasteiger partial charge in [0.05, 0.1) is 24.4 Å². The Morgan fingerprint density at radius 3 is 2.58 bits per heavy atom. The molecule has 1 saturated heterocycles. The van der Waals surface area contributed by atoms with E-state index in [4.69, 9.17) is 0 Å². The lowest BCUT2D eigenvalue weighted by atomic mass is 9.91. The minimum atomic E-state index is -0.668. The average Bonchev–Trinajstić information content (AvgIpc) is 3.05. The molecule has 136 valence electrons. The minimum absolute atomic E-state index is 0.0507. The van der Waals surface area contributed by atoms with Gasteiger partial charge in [0.2, 0.25) is 5.91 Å². The van der Waals surface area contributed by atoms with E-state index >= 15 is 0 Å². The molecule has 1 fully saturated rings. The fourth-order valence-electron chi connectivity index (χ4n) is 3.45. The Bertz CT molecular complexity index is 810. The van der Waals surface area contributed by atoms with Gasteiger partial charge >= 0.3 is 5.97 Å². The van der Waals surface area contributed by atoms with Crippen molar-refractivity contribution in [2.75, 3.05) is 26.0 Å². The van der Waals surface area contributed by atoms with Crippen molar-refractivity contribution in [2.24, 2.45) is 0 Å². The molecular weight excluding hydrogens is 335 g/mol. The van der Waals surface area contributed by atoms with Gasteiger partial charge in [0.15, 0.2) is 0 Å². The Hall–Kier alpha value is -2.73. The molecule has 1 unspecified atom stereocenters. The van der Waals surface area contributed by atoms with Crippen LogP contribution < -0.4 is 5.32 Å². The zero-order chi connectivity index (χ0) is 18.7. The van der Waals surface area contributed by atoms with Gasteiger partial charge in [-0.15, -0.1) is 0 Å². The SMILES string of the molecule is COC(=O)c1ccc(NC(=O)C2[C@@H](c3ccccc3)CCN2C)c(F)c1. The molecule has 5 nitrogen and oxygen atoms in total. The van der Waals surface area contributed by atoms with Crippen LogP contribution >= 0.6 is 0 Å². The third-order valence-corrected chi connectivity index (χ3v) is 4.79. The summed E-state index contributed by atoms with van der Waals surface area (Å²) in [6.45, 7) is 0.793. The standard InChI is InChI=1S/C20H21FN2O3/c1-23-11-10-15(13-6-4-3-5-7-13)18(23)19(24)22-17-9-8-14(12-16(17)21)20(25)26-2/h3-9,12,15,18H,10-11H2,1-2H3,(H,22,24)/t15-,18?/m1/s1. The maximum Gasteiger partial charge on any atom is 0.337 e. The lowest BCUT2D eigenvalue weighted by Crippen LogP contribution is -2.40. The summed E-state index contributed by atoms with van der Waals surface area (Å²) in [5, 5.41) is 2.66. The third kappa shape index (κ3) is 3.60. The van der Waals surface area contributed by atoms with Gasteiger partial charge in [-0.2, -0.15) is 0 Å². The first kappa shape index (κ1) is 18.1. The van der Waals surface area contributed by atoms with Crippen LogP contribution in [-0.4, -0.2) is 43.5 Å². The number of hydrogen-bond acceptors (Lipinski definition) is 4. The van der Waals surface area contributed by atoms with Gasteiger partial charge in [0.25, 0.3) is 0 Å². The third-order valence-electron chi connectivity index (χ3n) is 4.79. The van der Waals surface area contributed by atoms with E-state index in [1.54, 1.807) is 0 Å². The van der Waals surface area contributed by atoms with E-state index in [0.29, 0.717) is 0 Å². The molecule has 0 spiro atoms. The second-order valence-corrected chi connectivity index (χ2v) is 6.41. The van der Waals surface area contributed by atoms with Crippen LogP contribution in [0.5, 0.6) is 0 Å². The van der Waals surface area contributed by atoms with Crippen LogP contribution in [-0.2, 0) is 9.53 Å². The van der Waals surface area contributed by atoms with E-state index in [0.717, 1.165) is 24.6 Å². The number of likely N-dealkylation sites (tertiary alicyclic amines) is 1. The van der Waals surface area contributed by atoms with E-state index < -0.39 is 11.8 Å². The van der Waals surface area contributed by atoms with Crippen molar-refractivity contribution in [3.8, 4) is 0 Å². The van der Waals surface area contributed by atoms with Crippen LogP contribution in [0.4, 0.5) is 10.1 Å². The lowest BCUT2D eigenvalue weighted by Gasteiger charge is -2.24. The van der Waals surface area contributed by atoms with E-state index in [-0.39, 0.29) is 29.1 Å². The summed E-state index contributed by atoms with van der Waals surface area (Å²) in [5.74, 6) is -1.50. The number of rotatable bonds is 4. The molecule has 2 atom stereocenters. The summed E-state index contributed by atoms with van der Waals surface area (Å²) in [6.07, 6.45) is 0.863. The van der Waals surface area contributed by atoms with E-state index in [1.165, 1.54) is 19.2 Å². The number of carbonyl (C=O) groups is 2. The zero-order valence-corrected chi connectivity index (χ0v) is 14.7. The molecule has 1 aliphatic rings. The Morgan fingerprint density at radius 2 is 1.92 bits per heavy atom. The topological polar surface area (TPSA) is 58.6 Å². The molecule has 6 heteroatoms. The largest absolute Gasteiger partial charge is 0.465 e. The summed E-state index contributed by atoms with van der Waals surface area (Å²) in [4.78, 5) is 26.3. The first-order chi connectivity index (χ1) is 12.5. The number of hydrogen-bond donors (Lipinski definition) is 1. The summed E-state index contributed by atoms with van der Waals surface area (Å²) in [5.41, 5.74) is 1.25. The van der Waals surface area contributed by atoms with Gasteiger partial charge < -0.3 is 10.1 Å². The number of methoxy groups -OCH3 is 1. The highest BCUT2D eigenvalue weighted by Crippen LogP contribution is 2.33. The number of amides is 1. The van der Waals surface area contributed by atoms with Gasteiger partial charge in [0, 0.05) is 5.92 Å². The molecule has 0 aliphatic carbocycles. The predicted octanol–water partition coefficient (Wildman–Crippen LogP) is 3.04. The smallest absolute Gasteiger partial charge is 0.337 e. The molecule has 0 radical (unpaired) electrons. The normalized spacial score (nSPS) is 20.0. The van der Waals surface area contributed by atoms with Crippen molar-refractivity contribution in [1.82, 2.24) is 4.90 Å². The molecule has 0 aromatic heterocycles. The average molecular weight is 356 g/mol. The van der Waals surface area contributed by atoms with Crippen molar-refractivity contribution in [3.63, 3.8) is 0 Å². The fourth-order valence-corrected chi connectivity index (χ4v) is 3.45. The molecule has 26 heavy (non-hydrogen) atoms. The van der Waals surface area contributed by atoms with Crippen LogP contribution in [0.1, 0.15) is 28.3 Å². The quantitative estimate of drug-likeness (QED) is 0.856. The Kier molecular flexibility index (Phi) is 5.32. The Labute approximate surface area is 151 Å². The summed E-state index contributed by atoms with van der Waals surface area (Å²) < 4.78 is 18.8. The molecule has 2 aromatic rings. The van der Waals surface area contributed by atoms with Crippen molar-refractivity contribution < 1.29 is 18.7 Å². The van der Waals surface area contributed by atoms with Gasteiger partial charge in [-0.25, -0.2) is 9.18 Å². The number of likely N-dealkylation sites (N-methyl/N-ethyl adjacent to an activating group) is 1. The number of ether oxygens (including phenoxy) is 1. The number of esters is 1. The summed E-state index contributed by atoms with van der Waals surface area (Å²) >= 11 is 0. The molecule has 2 aromatic carbocycles. The van der Waals surface area contributed by atoms with Gasteiger partial charge in [-0.3, -0.25) is 9.69 Å². The molecule has 1 heterocycles. The predicted molar refractivity (Wildman–Crippen MR) is 96.6 cm³/mol. The van der Waals surface area contributed by atoms with Crippen LogP contribution in [0.25, 0.3) is 0 Å². The zero-order valence-electron chi connectivity index (χ0n) is 14.7. The van der Waals surface area contributed by atoms with Crippen molar-refractivity contribution in [1.29, 1.82) is 0 Å². The number of anilines is 1. The van der Waals surface area contributed by atoms with Crippen LogP contribution in [0.3, 0.4) is 0 Å². The maximum atomic E-state index is 14.3. The molecule has 3 rings (SSSR count). The molecule has 1 aliphatic heterocycles. The van der Waals surface area contributed by atoms with Gasteiger partial charge in [-0.1, -0.05) is 30.3 Å². The summed E-state index contributed by atoms with van der Waals surface area (Å²) in [6, 6.07) is 13.4. The van der Waals surface area contributed by atoms with E-state index in [1.807, 2.05) is 42.3 Å². The summed E-state index contributed by atoms with van der Waals surface area (Å²) in [7, 11) is 3.12. The molecule has 0 saturated carbocycles. The second kappa shape index (κ2) is 7.66. The molecule has 1 amide bonds. The molecular formula is C20H21FN2O3. The van der Waals surface area contributed by atoms with Gasteiger partial charge in [0.1, 0.15) is 5.82 Å². The monoisotopic (exact) mass is 356 g/mol. The van der Waals surface area contributed by atoms with Crippen LogP contribution in [0.2, 0.25) is 0 Å². The number of halogens is 1. The second-order valence-electron chi connectivity index (χ2n) is 6.41. The number of carbonyl (C=O) groups excluding carboxylic acids is 2.